The first-order chi connectivity index (χ1) is 6.84. The third-order valence-corrected chi connectivity index (χ3v) is 3.10. The van der Waals surface area contributed by atoms with E-state index < -0.39 is 0 Å². The molecule has 1 nitrogen and oxygen atoms in total. The van der Waals surface area contributed by atoms with Gasteiger partial charge in [0.15, 0.2) is 0 Å². The zero-order valence-electron chi connectivity index (χ0n) is 8.62. The predicted molar refractivity (Wildman–Crippen MR) is 65.0 cm³/mol. The molecule has 2 heteroatoms. The summed E-state index contributed by atoms with van der Waals surface area (Å²) in [6, 6.07) is 8.49. The van der Waals surface area contributed by atoms with Gasteiger partial charge in [-0.25, -0.2) is 0 Å². The lowest BCUT2D eigenvalue weighted by Crippen LogP contribution is -2.16. The van der Waals surface area contributed by atoms with E-state index in [-0.39, 0.29) is 0 Å². The van der Waals surface area contributed by atoms with Crippen molar-refractivity contribution in [2.45, 2.75) is 11.8 Å². The first-order valence-electron chi connectivity index (χ1n) is 4.84. The molecular formula is C12H17NS. The van der Waals surface area contributed by atoms with E-state index in [4.69, 9.17) is 0 Å². The monoisotopic (exact) mass is 207 g/mol. The summed E-state index contributed by atoms with van der Waals surface area (Å²) in [7, 11) is 0. The number of hydrogen-bond acceptors (Lipinski definition) is 2. The fourth-order valence-electron chi connectivity index (χ4n) is 1.16. The third-order valence-electron chi connectivity index (χ3n) is 1.92. The zero-order chi connectivity index (χ0) is 10.2. The average molecular weight is 207 g/mol. The lowest BCUT2D eigenvalue weighted by Gasteiger charge is -2.05. The smallest absolute Gasteiger partial charge is 0.0132 e. The van der Waals surface area contributed by atoms with Crippen LogP contribution in [0.15, 0.2) is 41.8 Å². The summed E-state index contributed by atoms with van der Waals surface area (Å²) in [6.45, 7) is 7.74. The van der Waals surface area contributed by atoms with E-state index in [9.17, 15) is 0 Å². The summed E-state index contributed by atoms with van der Waals surface area (Å²) in [6.07, 6.45) is 1.89. The molecule has 1 N–H and O–H groups in total. The first-order valence-corrected chi connectivity index (χ1v) is 5.83. The van der Waals surface area contributed by atoms with Gasteiger partial charge in [0.25, 0.3) is 0 Å². The minimum Gasteiger partial charge on any atom is -0.312 e. The SMILES string of the molecule is C=CCNCCSc1ccccc1C. The van der Waals surface area contributed by atoms with Gasteiger partial charge in [-0.1, -0.05) is 24.3 Å². The van der Waals surface area contributed by atoms with Gasteiger partial charge in [-0.05, 0) is 18.6 Å². The van der Waals surface area contributed by atoms with Crippen molar-refractivity contribution >= 4 is 11.8 Å². The molecule has 0 unspecified atom stereocenters. The van der Waals surface area contributed by atoms with E-state index in [0.29, 0.717) is 0 Å². The molecule has 0 aromatic heterocycles. The highest BCUT2D eigenvalue weighted by atomic mass is 32.2. The van der Waals surface area contributed by atoms with Gasteiger partial charge in [-0.2, -0.15) is 0 Å². The summed E-state index contributed by atoms with van der Waals surface area (Å²) < 4.78 is 0. The summed E-state index contributed by atoms with van der Waals surface area (Å²) in [5, 5.41) is 3.29. The summed E-state index contributed by atoms with van der Waals surface area (Å²) in [4.78, 5) is 1.38. The Hall–Kier alpha value is -0.730. The molecule has 76 valence electrons. The molecule has 0 atom stereocenters. The van der Waals surface area contributed by atoms with Gasteiger partial charge in [0.1, 0.15) is 0 Å². The van der Waals surface area contributed by atoms with Crippen LogP contribution in [0, 0.1) is 6.92 Å². The Bertz CT molecular complexity index is 283. The van der Waals surface area contributed by atoms with Crippen LogP contribution in [0.25, 0.3) is 0 Å². The summed E-state index contributed by atoms with van der Waals surface area (Å²) >= 11 is 1.90. The van der Waals surface area contributed by atoms with Crippen LogP contribution in [0.5, 0.6) is 0 Å². The summed E-state index contributed by atoms with van der Waals surface area (Å²) in [5.74, 6) is 1.11. The van der Waals surface area contributed by atoms with Crippen molar-refractivity contribution in [2.75, 3.05) is 18.8 Å². The molecule has 0 saturated carbocycles. The molecule has 1 rings (SSSR count). The van der Waals surface area contributed by atoms with Gasteiger partial charge in [0, 0.05) is 23.7 Å². The Morgan fingerprint density at radius 2 is 2.21 bits per heavy atom. The molecule has 0 bridgehead atoms. The second kappa shape index (κ2) is 6.68. The van der Waals surface area contributed by atoms with E-state index in [1.54, 1.807) is 0 Å². The van der Waals surface area contributed by atoms with Crippen molar-refractivity contribution in [3.63, 3.8) is 0 Å². The lowest BCUT2D eigenvalue weighted by molar-refractivity contribution is 0.807. The normalized spacial score (nSPS) is 10.1. The van der Waals surface area contributed by atoms with E-state index in [1.165, 1.54) is 10.5 Å². The van der Waals surface area contributed by atoms with Crippen LogP contribution in [0.3, 0.4) is 0 Å². The average Bonchev–Trinajstić information content (AvgIpc) is 2.20. The number of thioether (sulfide) groups is 1. The van der Waals surface area contributed by atoms with Gasteiger partial charge < -0.3 is 5.32 Å². The number of rotatable bonds is 6. The molecule has 0 aliphatic heterocycles. The van der Waals surface area contributed by atoms with Crippen molar-refractivity contribution < 1.29 is 0 Å². The van der Waals surface area contributed by atoms with Crippen molar-refractivity contribution in [1.82, 2.24) is 5.32 Å². The molecule has 0 aliphatic rings. The second-order valence-corrected chi connectivity index (χ2v) is 4.24. The molecule has 0 radical (unpaired) electrons. The van der Waals surface area contributed by atoms with Crippen molar-refractivity contribution in [3.05, 3.63) is 42.5 Å². The number of nitrogens with one attached hydrogen (secondary N) is 1. The molecule has 14 heavy (non-hydrogen) atoms. The molecular weight excluding hydrogens is 190 g/mol. The van der Waals surface area contributed by atoms with Crippen LogP contribution in [0.2, 0.25) is 0 Å². The van der Waals surface area contributed by atoms with Crippen molar-refractivity contribution in [1.29, 1.82) is 0 Å². The highest BCUT2D eigenvalue weighted by Gasteiger charge is 1.96. The Morgan fingerprint density at radius 3 is 2.93 bits per heavy atom. The fraction of sp³-hybridized carbons (Fsp3) is 0.333. The van der Waals surface area contributed by atoms with Gasteiger partial charge >= 0.3 is 0 Å². The van der Waals surface area contributed by atoms with Crippen LogP contribution >= 0.6 is 11.8 Å². The Kier molecular flexibility index (Phi) is 5.42. The number of benzene rings is 1. The minimum atomic E-state index is 0.897. The van der Waals surface area contributed by atoms with E-state index >= 15 is 0 Å². The molecule has 0 spiro atoms. The van der Waals surface area contributed by atoms with E-state index in [0.717, 1.165) is 18.8 Å². The topological polar surface area (TPSA) is 12.0 Å². The van der Waals surface area contributed by atoms with Gasteiger partial charge in [0.05, 0.1) is 0 Å². The highest BCUT2D eigenvalue weighted by molar-refractivity contribution is 7.99. The molecule has 0 aliphatic carbocycles. The number of hydrogen-bond donors (Lipinski definition) is 1. The molecule has 0 amide bonds. The quantitative estimate of drug-likeness (QED) is 0.437. The van der Waals surface area contributed by atoms with Gasteiger partial charge in [0.2, 0.25) is 0 Å². The van der Waals surface area contributed by atoms with Crippen molar-refractivity contribution in [2.24, 2.45) is 0 Å². The standard InChI is InChI=1S/C12H17NS/c1-3-8-13-9-10-14-12-7-5-4-6-11(12)2/h3-7,13H,1,8-10H2,2H3. The zero-order valence-corrected chi connectivity index (χ0v) is 9.44. The largest absolute Gasteiger partial charge is 0.312 e. The lowest BCUT2D eigenvalue weighted by atomic mass is 10.2. The third kappa shape index (κ3) is 3.99. The van der Waals surface area contributed by atoms with Crippen LogP contribution in [-0.4, -0.2) is 18.8 Å². The van der Waals surface area contributed by atoms with E-state index in [2.05, 4.69) is 43.1 Å². The molecule has 1 aromatic carbocycles. The Morgan fingerprint density at radius 1 is 1.43 bits per heavy atom. The molecule has 1 aromatic rings. The first kappa shape index (κ1) is 11.3. The predicted octanol–water partition coefficient (Wildman–Crippen LogP) is 2.86. The fourth-order valence-corrected chi connectivity index (χ4v) is 2.09. The van der Waals surface area contributed by atoms with Crippen LogP contribution in [-0.2, 0) is 0 Å². The maximum absolute atomic E-state index is 3.66. The van der Waals surface area contributed by atoms with E-state index in [1.807, 2.05) is 17.8 Å². The van der Waals surface area contributed by atoms with Crippen LogP contribution < -0.4 is 5.32 Å². The number of aryl methyl sites for hydroxylation is 1. The van der Waals surface area contributed by atoms with Gasteiger partial charge in [-0.3, -0.25) is 0 Å². The van der Waals surface area contributed by atoms with Crippen molar-refractivity contribution in [3.8, 4) is 0 Å². The molecule has 0 fully saturated rings. The Balaban J connectivity index is 2.24. The summed E-state index contributed by atoms with van der Waals surface area (Å²) in [5.41, 5.74) is 1.36. The second-order valence-electron chi connectivity index (χ2n) is 3.11. The minimum absolute atomic E-state index is 0.897. The van der Waals surface area contributed by atoms with Gasteiger partial charge in [-0.15, -0.1) is 18.3 Å². The van der Waals surface area contributed by atoms with Crippen LogP contribution in [0.1, 0.15) is 5.56 Å². The maximum atomic E-state index is 3.66. The Labute approximate surface area is 90.6 Å². The molecule has 0 heterocycles. The van der Waals surface area contributed by atoms with Crippen LogP contribution in [0.4, 0.5) is 0 Å². The molecule has 0 saturated heterocycles. The maximum Gasteiger partial charge on any atom is 0.0132 e. The highest BCUT2D eigenvalue weighted by Crippen LogP contribution is 2.20.